The molecule has 1 heterocycles. The lowest BCUT2D eigenvalue weighted by molar-refractivity contribution is -0.131. The van der Waals surface area contributed by atoms with E-state index in [9.17, 15) is 18.0 Å². The number of carbonyl (C=O) groups excluding carboxylic acids is 1. The quantitative estimate of drug-likeness (QED) is 0.805. The Balaban J connectivity index is 2.30. The van der Waals surface area contributed by atoms with E-state index in [2.05, 4.69) is 15.9 Å². The molecule has 0 bridgehead atoms. The summed E-state index contributed by atoms with van der Waals surface area (Å²) in [5, 5.41) is 0. The van der Waals surface area contributed by atoms with Gasteiger partial charge >= 0.3 is 6.18 Å². The number of halogens is 4. The fourth-order valence-corrected chi connectivity index (χ4v) is 2.40. The second-order valence-corrected chi connectivity index (χ2v) is 5.53. The fraction of sp³-hybridized carbons (Fsp3) is 0.900. The highest BCUT2D eigenvalue weighted by atomic mass is 79.9. The third kappa shape index (κ3) is 5.25. The van der Waals surface area contributed by atoms with E-state index in [-0.39, 0.29) is 18.4 Å². The van der Waals surface area contributed by atoms with Crippen molar-refractivity contribution in [1.82, 2.24) is 4.90 Å². The van der Waals surface area contributed by atoms with Gasteiger partial charge in [0.05, 0.1) is 0 Å². The summed E-state index contributed by atoms with van der Waals surface area (Å²) < 4.78 is 37.0. The van der Waals surface area contributed by atoms with E-state index in [0.717, 1.165) is 12.8 Å². The van der Waals surface area contributed by atoms with Crippen molar-refractivity contribution in [2.45, 2.75) is 30.3 Å². The Labute approximate surface area is 107 Å². The van der Waals surface area contributed by atoms with Crippen LogP contribution in [0.25, 0.3) is 0 Å². The van der Waals surface area contributed by atoms with E-state index in [1.54, 1.807) is 4.90 Å². The minimum Gasteiger partial charge on any atom is -0.370 e. The van der Waals surface area contributed by atoms with Gasteiger partial charge in [0.2, 0.25) is 5.91 Å². The molecule has 1 aliphatic heterocycles. The molecule has 1 unspecified atom stereocenters. The van der Waals surface area contributed by atoms with Crippen LogP contribution in [0.2, 0.25) is 0 Å². The van der Waals surface area contributed by atoms with Crippen molar-refractivity contribution in [2.75, 3.05) is 19.6 Å². The number of alkyl halides is 4. The second-order valence-electron chi connectivity index (χ2n) is 4.42. The monoisotopic (exact) mass is 316 g/mol. The van der Waals surface area contributed by atoms with Crippen molar-refractivity contribution in [3.05, 3.63) is 0 Å². The summed E-state index contributed by atoms with van der Waals surface area (Å²) in [5.74, 6) is -0.111. The van der Waals surface area contributed by atoms with E-state index in [4.69, 9.17) is 5.73 Å². The number of likely N-dealkylation sites (tertiary alicyclic amines) is 1. The summed E-state index contributed by atoms with van der Waals surface area (Å²) in [5.41, 5.74) is 5.09. The highest BCUT2D eigenvalue weighted by Gasteiger charge is 2.39. The maximum atomic E-state index is 12.3. The Bertz CT molecular complexity index is 265. The first kappa shape index (κ1) is 14.8. The first-order chi connectivity index (χ1) is 7.79. The maximum Gasteiger partial charge on any atom is 0.402 e. The molecule has 100 valence electrons. The van der Waals surface area contributed by atoms with Gasteiger partial charge in [-0.1, -0.05) is 15.9 Å². The van der Waals surface area contributed by atoms with Gasteiger partial charge in [0.1, 0.15) is 4.83 Å². The van der Waals surface area contributed by atoms with Crippen LogP contribution in [0, 0.1) is 5.92 Å². The van der Waals surface area contributed by atoms with Crippen LogP contribution in [0.4, 0.5) is 13.2 Å². The molecule has 0 aliphatic carbocycles. The van der Waals surface area contributed by atoms with Crippen molar-refractivity contribution >= 4 is 21.8 Å². The fourth-order valence-electron chi connectivity index (χ4n) is 1.99. The number of rotatable bonds is 4. The molecule has 1 saturated heterocycles. The maximum absolute atomic E-state index is 12.3. The van der Waals surface area contributed by atoms with Gasteiger partial charge in [-0.15, -0.1) is 0 Å². The Hall–Kier alpha value is -0.300. The molecule has 1 amide bonds. The van der Waals surface area contributed by atoms with Crippen molar-refractivity contribution in [3.8, 4) is 0 Å². The highest BCUT2D eigenvalue weighted by molar-refractivity contribution is 9.09. The van der Waals surface area contributed by atoms with Gasteiger partial charge in [0.15, 0.2) is 0 Å². The Morgan fingerprint density at radius 3 is 2.35 bits per heavy atom. The second kappa shape index (κ2) is 6.04. The molecule has 0 aromatic heterocycles. The molecule has 0 radical (unpaired) electrons. The van der Waals surface area contributed by atoms with Crippen LogP contribution >= 0.6 is 15.9 Å². The van der Waals surface area contributed by atoms with Crippen molar-refractivity contribution < 1.29 is 18.0 Å². The number of hydrogen-bond acceptors (Lipinski definition) is 2. The first-order valence-corrected chi connectivity index (χ1v) is 6.42. The summed E-state index contributed by atoms with van der Waals surface area (Å²) in [7, 11) is 0. The molecule has 0 saturated carbocycles. The Morgan fingerprint density at radius 2 is 1.94 bits per heavy atom. The minimum atomic E-state index is -4.20. The number of piperidine rings is 1. The van der Waals surface area contributed by atoms with Crippen LogP contribution in [-0.4, -0.2) is 41.4 Å². The molecule has 17 heavy (non-hydrogen) atoms. The zero-order chi connectivity index (χ0) is 13.1. The molecular weight excluding hydrogens is 301 g/mol. The number of amides is 1. The van der Waals surface area contributed by atoms with Crippen LogP contribution in [-0.2, 0) is 4.79 Å². The zero-order valence-electron chi connectivity index (χ0n) is 9.34. The normalized spacial score (nSPS) is 21.4. The summed E-state index contributed by atoms with van der Waals surface area (Å²) in [6.45, 7) is 1.15. The SMILES string of the molecule is NC(=O)CC1CCN(CC(Br)C(F)(F)F)CC1. The highest BCUT2D eigenvalue weighted by Crippen LogP contribution is 2.28. The Kier molecular flexibility index (Phi) is 5.24. The predicted octanol–water partition coefficient (Wildman–Crippen LogP) is 1.90. The first-order valence-electron chi connectivity index (χ1n) is 5.50. The van der Waals surface area contributed by atoms with E-state index in [1.165, 1.54) is 0 Å². The Morgan fingerprint density at radius 1 is 1.41 bits per heavy atom. The van der Waals surface area contributed by atoms with Gasteiger partial charge < -0.3 is 10.6 Å². The average molecular weight is 317 g/mol. The third-order valence-corrected chi connectivity index (χ3v) is 3.78. The van der Waals surface area contributed by atoms with Crippen LogP contribution in [0.5, 0.6) is 0 Å². The lowest BCUT2D eigenvalue weighted by atomic mass is 9.93. The molecule has 0 spiro atoms. The number of carbonyl (C=O) groups is 1. The van der Waals surface area contributed by atoms with Crippen LogP contribution < -0.4 is 5.73 Å². The van der Waals surface area contributed by atoms with E-state index < -0.39 is 11.0 Å². The number of nitrogens with two attached hydrogens (primary N) is 1. The van der Waals surface area contributed by atoms with Gasteiger partial charge in [0.25, 0.3) is 0 Å². The van der Waals surface area contributed by atoms with Crippen molar-refractivity contribution in [3.63, 3.8) is 0 Å². The van der Waals surface area contributed by atoms with Crippen LogP contribution in [0.3, 0.4) is 0 Å². The smallest absolute Gasteiger partial charge is 0.370 e. The minimum absolute atomic E-state index is 0.0349. The van der Waals surface area contributed by atoms with Crippen molar-refractivity contribution in [2.24, 2.45) is 11.7 Å². The summed E-state index contributed by atoms with van der Waals surface area (Å²) in [6, 6.07) is 0. The number of hydrogen-bond donors (Lipinski definition) is 1. The lowest BCUT2D eigenvalue weighted by Gasteiger charge is -2.33. The zero-order valence-corrected chi connectivity index (χ0v) is 10.9. The van der Waals surface area contributed by atoms with E-state index in [1.807, 2.05) is 0 Å². The van der Waals surface area contributed by atoms with E-state index in [0.29, 0.717) is 19.5 Å². The molecule has 0 aromatic carbocycles. The molecule has 1 atom stereocenters. The number of primary amides is 1. The lowest BCUT2D eigenvalue weighted by Crippen LogP contribution is -2.42. The van der Waals surface area contributed by atoms with Crippen LogP contribution in [0.1, 0.15) is 19.3 Å². The molecule has 1 fully saturated rings. The van der Waals surface area contributed by atoms with Gasteiger partial charge in [-0.3, -0.25) is 4.79 Å². The number of nitrogens with zero attached hydrogens (tertiary/aromatic N) is 1. The molecule has 7 heteroatoms. The van der Waals surface area contributed by atoms with Crippen LogP contribution in [0.15, 0.2) is 0 Å². The average Bonchev–Trinajstić information content (AvgIpc) is 2.18. The summed E-state index contributed by atoms with van der Waals surface area (Å²) in [6.07, 6.45) is -2.39. The molecule has 1 aliphatic rings. The molecular formula is C10H16BrF3N2O. The van der Waals surface area contributed by atoms with Gasteiger partial charge in [-0.2, -0.15) is 13.2 Å². The molecule has 0 aromatic rings. The summed E-state index contributed by atoms with van der Waals surface area (Å²) in [4.78, 5) is 11.0. The molecule has 1 rings (SSSR count). The predicted molar refractivity (Wildman–Crippen MR) is 61.7 cm³/mol. The largest absolute Gasteiger partial charge is 0.402 e. The molecule has 3 nitrogen and oxygen atoms in total. The summed E-state index contributed by atoms with van der Waals surface area (Å²) >= 11 is 2.65. The third-order valence-electron chi connectivity index (χ3n) is 2.97. The van der Waals surface area contributed by atoms with Gasteiger partial charge in [-0.25, -0.2) is 0 Å². The van der Waals surface area contributed by atoms with Crippen molar-refractivity contribution in [1.29, 1.82) is 0 Å². The standard InChI is InChI=1S/C10H16BrF3N2O/c11-8(10(12,13)14)6-16-3-1-7(2-4-16)5-9(15)17/h7-8H,1-6H2,(H2,15,17). The van der Waals surface area contributed by atoms with E-state index >= 15 is 0 Å². The molecule has 2 N–H and O–H groups in total. The van der Waals surface area contributed by atoms with Gasteiger partial charge in [0, 0.05) is 13.0 Å². The van der Waals surface area contributed by atoms with Gasteiger partial charge in [-0.05, 0) is 31.8 Å². The topological polar surface area (TPSA) is 46.3 Å².